The maximum atomic E-state index is 12.3. The van der Waals surface area contributed by atoms with Crippen molar-refractivity contribution in [1.29, 1.82) is 5.26 Å². The maximum absolute atomic E-state index is 12.3. The molecule has 0 aliphatic rings. The van der Waals surface area contributed by atoms with Crippen molar-refractivity contribution in [2.45, 2.75) is 11.1 Å². The van der Waals surface area contributed by atoms with E-state index in [0.29, 0.717) is 4.90 Å². The van der Waals surface area contributed by atoms with Crippen LogP contribution in [-0.2, 0) is 6.18 Å². The van der Waals surface area contributed by atoms with E-state index >= 15 is 0 Å². The van der Waals surface area contributed by atoms with Gasteiger partial charge in [0.25, 0.3) is 0 Å². The van der Waals surface area contributed by atoms with Gasteiger partial charge in [0.05, 0.1) is 18.4 Å². The fourth-order valence-electron chi connectivity index (χ4n) is 1.01. The molecule has 0 radical (unpaired) electrons. The summed E-state index contributed by atoms with van der Waals surface area (Å²) < 4.78 is 37.0. The van der Waals surface area contributed by atoms with E-state index in [0.717, 1.165) is 23.9 Å². The highest BCUT2D eigenvalue weighted by Crippen LogP contribution is 2.36. The third-order valence-electron chi connectivity index (χ3n) is 1.70. The first-order valence-corrected chi connectivity index (χ1v) is 5.06. The molecule has 0 heterocycles. The van der Waals surface area contributed by atoms with Crippen LogP contribution in [0.25, 0.3) is 4.85 Å². The number of hydrogen-bond acceptors (Lipinski definition) is 2. The van der Waals surface area contributed by atoms with Gasteiger partial charge < -0.3 is 0 Å². The van der Waals surface area contributed by atoms with Crippen molar-refractivity contribution in [1.82, 2.24) is 0 Å². The molecule has 0 saturated carbocycles. The van der Waals surface area contributed by atoms with E-state index in [2.05, 4.69) is 4.85 Å². The average Bonchev–Trinajstić information content (AvgIpc) is 2.24. The largest absolute Gasteiger partial charge is 0.415 e. The van der Waals surface area contributed by atoms with Crippen LogP contribution < -0.4 is 0 Å². The first-order valence-electron chi connectivity index (χ1n) is 4.07. The van der Waals surface area contributed by atoms with Gasteiger partial charge in [-0.25, -0.2) is 4.85 Å². The molecular formula is C10H5F3N2S. The van der Waals surface area contributed by atoms with Gasteiger partial charge in [0.15, 0.2) is 0 Å². The Hall–Kier alpha value is -1.66. The Morgan fingerprint density at radius 1 is 1.44 bits per heavy atom. The molecular weight excluding hydrogens is 237 g/mol. The monoisotopic (exact) mass is 242 g/mol. The number of halogens is 3. The van der Waals surface area contributed by atoms with Crippen LogP contribution in [-0.4, -0.2) is 5.75 Å². The number of nitrogens with zero attached hydrogens (tertiary/aromatic N) is 2. The molecule has 1 aromatic rings. The Morgan fingerprint density at radius 2 is 2.12 bits per heavy atom. The Morgan fingerprint density at radius 3 is 2.62 bits per heavy atom. The van der Waals surface area contributed by atoms with Crippen LogP contribution in [0.4, 0.5) is 18.9 Å². The Labute approximate surface area is 94.5 Å². The zero-order valence-electron chi connectivity index (χ0n) is 7.88. The number of benzene rings is 1. The van der Waals surface area contributed by atoms with Crippen LogP contribution in [0.15, 0.2) is 23.1 Å². The molecule has 0 bridgehead atoms. The van der Waals surface area contributed by atoms with Gasteiger partial charge in [-0.2, -0.15) is 18.4 Å². The quantitative estimate of drug-likeness (QED) is 0.581. The summed E-state index contributed by atoms with van der Waals surface area (Å²) in [5.74, 6) is 0.105. The number of nitriles is 1. The summed E-state index contributed by atoms with van der Waals surface area (Å²) in [6.07, 6.45) is -4.45. The fourth-order valence-corrected chi connectivity index (χ4v) is 1.65. The van der Waals surface area contributed by atoms with Crippen molar-refractivity contribution < 1.29 is 13.2 Å². The van der Waals surface area contributed by atoms with Crippen molar-refractivity contribution >= 4 is 17.4 Å². The molecule has 0 unspecified atom stereocenters. The molecule has 1 rings (SSSR count). The maximum Gasteiger partial charge on any atom is 0.415 e. The normalized spacial score (nSPS) is 10.6. The zero-order valence-corrected chi connectivity index (χ0v) is 8.69. The van der Waals surface area contributed by atoms with E-state index in [-0.39, 0.29) is 11.4 Å². The van der Waals surface area contributed by atoms with Crippen molar-refractivity contribution in [2.75, 3.05) is 5.75 Å². The Balaban J connectivity index is 3.09. The molecule has 0 saturated heterocycles. The highest BCUT2D eigenvalue weighted by atomic mass is 32.2. The molecule has 0 atom stereocenters. The van der Waals surface area contributed by atoms with Gasteiger partial charge in [-0.15, -0.1) is 11.8 Å². The molecule has 0 aromatic heterocycles. The second kappa shape index (κ2) is 4.91. The second-order valence-corrected chi connectivity index (χ2v) is 3.76. The number of rotatable bonds is 2. The summed E-state index contributed by atoms with van der Waals surface area (Å²) in [5, 5.41) is 8.35. The lowest BCUT2D eigenvalue weighted by Crippen LogP contribution is -2.04. The van der Waals surface area contributed by atoms with Crippen molar-refractivity contribution in [3.63, 3.8) is 0 Å². The average molecular weight is 242 g/mol. The van der Waals surface area contributed by atoms with Gasteiger partial charge in [0.1, 0.15) is 0 Å². The minimum absolute atomic E-state index is 0.0740. The molecule has 0 amide bonds. The highest BCUT2D eigenvalue weighted by molar-refractivity contribution is 7.99. The first kappa shape index (κ1) is 12.4. The van der Waals surface area contributed by atoms with Gasteiger partial charge >= 0.3 is 6.18 Å². The lowest BCUT2D eigenvalue weighted by atomic mass is 10.2. The number of hydrogen-bond donors (Lipinski definition) is 0. The minimum Gasteiger partial charge on any atom is -0.237 e. The van der Waals surface area contributed by atoms with E-state index in [4.69, 9.17) is 11.8 Å². The third kappa shape index (κ3) is 2.91. The summed E-state index contributed by atoms with van der Waals surface area (Å²) in [5.41, 5.74) is -0.921. The fraction of sp³-hybridized carbons (Fsp3) is 0.200. The van der Waals surface area contributed by atoms with Gasteiger partial charge in [-0.05, 0) is 6.07 Å². The molecule has 0 N–H and O–H groups in total. The van der Waals surface area contributed by atoms with Crippen LogP contribution in [0.2, 0.25) is 0 Å². The summed E-state index contributed by atoms with van der Waals surface area (Å²) in [4.78, 5) is 3.41. The summed E-state index contributed by atoms with van der Waals surface area (Å²) >= 11 is 1.05. The Kier molecular flexibility index (Phi) is 3.81. The van der Waals surface area contributed by atoms with Crippen molar-refractivity contribution in [3.8, 4) is 6.07 Å². The number of thioether (sulfide) groups is 1. The zero-order chi connectivity index (χ0) is 12.2. The smallest absolute Gasteiger partial charge is 0.237 e. The van der Waals surface area contributed by atoms with Crippen LogP contribution >= 0.6 is 11.8 Å². The summed E-state index contributed by atoms with van der Waals surface area (Å²) in [6.45, 7) is 6.78. The van der Waals surface area contributed by atoms with Gasteiger partial charge in [0, 0.05) is 10.5 Å². The summed E-state index contributed by atoms with van der Waals surface area (Å²) in [7, 11) is 0. The van der Waals surface area contributed by atoms with E-state index in [9.17, 15) is 13.2 Å². The molecule has 0 aliphatic heterocycles. The molecule has 0 aliphatic carbocycles. The summed E-state index contributed by atoms with van der Waals surface area (Å²) in [6, 6.07) is 4.78. The number of alkyl halides is 3. The predicted molar refractivity (Wildman–Crippen MR) is 54.0 cm³/mol. The van der Waals surface area contributed by atoms with E-state index in [1.807, 2.05) is 6.07 Å². The standard InChI is InChI=1S/C10H5F3N2S/c1-15-8-6-7(10(11,12)13)2-3-9(8)16-5-4-14/h2-3,6H,5H2. The topological polar surface area (TPSA) is 28.1 Å². The third-order valence-corrected chi connectivity index (χ3v) is 2.63. The second-order valence-electron chi connectivity index (χ2n) is 2.74. The Bertz CT molecular complexity index is 468. The lowest BCUT2D eigenvalue weighted by Gasteiger charge is -2.08. The molecule has 6 heteroatoms. The van der Waals surface area contributed by atoms with E-state index < -0.39 is 11.7 Å². The van der Waals surface area contributed by atoms with E-state index in [1.54, 1.807) is 0 Å². The lowest BCUT2D eigenvalue weighted by molar-refractivity contribution is -0.137. The van der Waals surface area contributed by atoms with Crippen LogP contribution in [0.3, 0.4) is 0 Å². The van der Waals surface area contributed by atoms with Crippen LogP contribution in [0, 0.1) is 17.9 Å². The van der Waals surface area contributed by atoms with Crippen molar-refractivity contribution in [3.05, 3.63) is 35.2 Å². The first-order chi connectivity index (χ1) is 7.49. The van der Waals surface area contributed by atoms with Crippen LogP contribution in [0.5, 0.6) is 0 Å². The SMILES string of the molecule is [C-]#[N+]c1cc(C(F)(F)F)ccc1SCC#N. The minimum atomic E-state index is -4.45. The molecule has 0 spiro atoms. The van der Waals surface area contributed by atoms with E-state index in [1.165, 1.54) is 6.07 Å². The molecule has 82 valence electrons. The predicted octanol–water partition coefficient (Wildman–Crippen LogP) is 3.87. The van der Waals surface area contributed by atoms with Gasteiger partial charge in [0.2, 0.25) is 5.69 Å². The van der Waals surface area contributed by atoms with Crippen LogP contribution in [0.1, 0.15) is 5.56 Å². The van der Waals surface area contributed by atoms with Crippen molar-refractivity contribution in [2.24, 2.45) is 0 Å². The molecule has 16 heavy (non-hydrogen) atoms. The molecule has 2 nitrogen and oxygen atoms in total. The molecule has 1 aromatic carbocycles. The van der Waals surface area contributed by atoms with Gasteiger partial charge in [-0.3, -0.25) is 0 Å². The molecule has 0 fully saturated rings. The highest BCUT2D eigenvalue weighted by Gasteiger charge is 2.30. The van der Waals surface area contributed by atoms with Gasteiger partial charge in [-0.1, -0.05) is 12.1 Å².